The van der Waals surface area contributed by atoms with Crippen molar-refractivity contribution in [1.29, 1.82) is 0 Å². The Morgan fingerprint density at radius 3 is 2.90 bits per heavy atom. The molecule has 6 nitrogen and oxygen atoms in total. The molecule has 0 aromatic carbocycles. The molecule has 0 spiro atoms. The van der Waals surface area contributed by atoms with Gasteiger partial charge in [-0.1, -0.05) is 6.92 Å². The molecule has 0 aliphatic heterocycles. The van der Waals surface area contributed by atoms with Crippen molar-refractivity contribution >= 4 is 11.6 Å². The van der Waals surface area contributed by atoms with Gasteiger partial charge in [-0.25, -0.2) is 4.98 Å². The Morgan fingerprint density at radius 2 is 2.19 bits per heavy atom. The first-order chi connectivity index (χ1) is 10.2. The number of fused-ring (bicyclic) bond motifs is 1. The third kappa shape index (κ3) is 2.52. The highest BCUT2D eigenvalue weighted by molar-refractivity contribution is 5.94. The van der Waals surface area contributed by atoms with Gasteiger partial charge in [0.05, 0.1) is 17.3 Å². The Morgan fingerprint density at radius 1 is 1.33 bits per heavy atom. The van der Waals surface area contributed by atoms with E-state index in [-0.39, 0.29) is 11.9 Å². The Bertz CT molecular complexity index is 773. The quantitative estimate of drug-likeness (QED) is 0.796. The van der Waals surface area contributed by atoms with Crippen LogP contribution in [0.4, 0.5) is 0 Å². The summed E-state index contributed by atoms with van der Waals surface area (Å²) in [6.45, 7) is 2.04. The summed E-state index contributed by atoms with van der Waals surface area (Å²) in [7, 11) is 1.88. The lowest BCUT2D eigenvalue weighted by Gasteiger charge is -2.17. The highest BCUT2D eigenvalue weighted by Gasteiger charge is 2.17. The molecule has 0 fully saturated rings. The average molecular weight is 283 g/mol. The van der Waals surface area contributed by atoms with Gasteiger partial charge in [0.1, 0.15) is 5.65 Å². The van der Waals surface area contributed by atoms with Crippen molar-refractivity contribution in [2.75, 3.05) is 0 Å². The van der Waals surface area contributed by atoms with Crippen molar-refractivity contribution in [1.82, 2.24) is 24.5 Å². The molecule has 3 aromatic rings. The fourth-order valence-electron chi connectivity index (χ4n) is 2.41. The van der Waals surface area contributed by atoms with Crippen LogP contribution in [0.15, 0.2) is 43.0 Å². The summed E-state index contributed by atoms with van der Waals surface area (Å²) in [5.41, 5.74) is 2.43. The molecule has 21 heavy (non-hydrogen) atoms. The van der Waals surface area contributed by atoms with Crippen LogP contribution >= 0.6 is 0 Å². The smallest absolute Gasteiger partial charge is 0.253 e. The molecule has 3 heterocycles. The number of nitrogens with zero attached hydrogens (tertiary/aromatic N) is 4. The van der Waals surface area contributed by atoms with E-state index in [1.807, 2.05) is 36.7 Å². The molecule has 0 aliphatic rings. The number of imidazole rings is 1. The zero-order chi connectivity index (χ0) is 14.8. The number of carbonyl (C=O) groups excluding carboxylic acids is 1. The molecule has 0 bridgehead atoms. The second-order valence-corrected chi connectivity index (χ2v) is 4.92. The normalized spacial score (nSPS) is 12.5. The van der Waals surface area contributed by atoms with Gasteiger partial charge in [-0.15, -0.1) is 0 Å². The SMILES string of the molecule is CCC(NC(=O)c1ccc2nccn2c1)c1ccnn1C. The van der Waals surface area contributed by atoms with Gasteiger partial charge in [-0.2, -0.15) is 5.10 Å². The van der Waals surface area contributed by atoms with Crippen molar-refractivity contribution in [3.63, 3.8) is 0 Å². The lowest BCUT2D eigenvalue weighted by atomic mass is 10.1. The summed E-state index contributed by atoms with van der Waals surface area (Å²) in [5, 5.41) is 7.20. The van der Waals surface area contributed by atoms with Crippen LogP contribution < -0.4 is 5.32 Å². The molecular weight excluding hydrogens is 266 g/mol. The first kappa shape index (κ1) is 13.4. The molecule has 0 radical (unpaired) electrons. The lowest BCUT2D eigenvalue weighted by Crippen LogP contribution is -2.29. The van der Waals surface area contributed by atoms with Gasteiger partial charge in [-0.05, 0) is 24.6 Å². The predicted octanol–water partition coefficient (Wildman–Crippen LogP) is 1.95. The van der Waals surface area contributed by atoms with E-state index in [1.54, 1.807) is 29.3 Å². The van der Waals surface area contributed by atoms with E-state index < -0.39 is 0 Å². The Balaban J connectivity index is 1.82. The van der Waals surface area contributed by atoms with Crippen LogP contribution in [0.1, 0.15) is 35.4 Å². The molecule has 0 aliphatic carbocycles. The first-order valence-electron chi connectivity index (χ1n) is 6.90. The van der Waals surface area contributed by atoms with Gasteiger partial charge in [0.15, 0.2) is 0 Å². The maximum Gasteiger partial charge on any atom is 0.253 e. The van der Waals surface area contributed by atoms with Gasteiger partial charge in [0, 0.05) is 31.8 Å². The molecule has 0 saturated heterocycles. The number of amides is 1. The predicted molar refractivity (Wildman–Crippen MR) is 78.9 cm³/mol. The molecular formula is C15H17N5O. The van der Waals surface area contributed by atoms with Crippen LogP contribution in [0, 0.1) is 0 Å². The van der Waals surface area contributed by atoms with Crippen molar-refractivity contribution in [3.8, 4) is 0 Å². The third-order valence-electron chi connectivity index (χ3n) is 3.58. The van der Waals surface area contributed by atoms with E-state index in [4.69, 9.17) is 0 Å². The van der Waals surface area contributed by atoms with Gasteiger partial charge < -0.3 is 9.72 Å². The second-order valence-electron chi connectivity index (χ2n) is 4.92. The molecule has 1 atom stereocenters. The monoisotopic (exact) mass is 283 g/mol. The summed E-state index contributed by atoms with van der Waals surface area (Å²) in [4.78, 5) is 16.6. The minimum Gasteiger partial charge on any atom is -0.344 e. The third-order valence-corrected chi connectivity index (χ3v) is 3.58. The molecule has 0 saturated carbocycles. The minimum absolute atomic E-state index is 0.0523. The summed E-state index contributed by atoms with van der Waals surface area (Å²) in [6.07, 6.45) is 7.86. The Kier molecular flexibility index (Phi) is 3.43. The molecule has 3 aromatic heterocycles. The topological polar surface area (TPSA) is 64.2 Å². The molecule has 1 N–H and O–H groups in total. The second kappa shape index (κ2) is 5.40. The number of carbonyl (C=O) groups is 1. The molecule has 1 amide bonds. The fourth-order valence-corrected chi connectivity index (χ4v) is 2.41. The highest BCUT2D eigenvalue weighted by Crippen LogP contribution is 2.16. The van der Waals surface area contributed by atoms with Gasteiger partial charge in [-0.3, -0.25) is 9.48 Å². The molecule has 6 heteroatoms. The number of hydrogen-bond donors (Lipinski definition) is 1. The number of nitrogens with one attached hydrogen (secondary N) is 1. The molecule has 1 unspecified atom stereocenters. The summed E-state index contributed by atoms with van der Waals surface area (Å²) < 4.78 is 3.62. The van der Waals surface area contributed by atoms with E-state index in [9.17, 15) is 4.79 Å². The maximum atomic E-state index is 12.4. The number of hydrogen-bond acceptors (Lipinski definition) is 3. The van der Waals surface area contributed by atoms with Gasteiger partial charge in [0.25, 0.3) is 5.91 Å². The van der Waals surface area contributed by atoms with E-state index in [1.165, 1.54) is 0 Å². The van der Waals surface area contributed by atoms with Crippen molar-refractivity contribution in [2.45, 2.75) is 19.4 Å². The van der Waals surface area contributed by atoms with Crippen LogP contribution in [-0.4, -0.2) is 25.1 Å². The van der Waals surface area contributed by atoms with E-state index >= 15 is 0 Å². The van der Waals surface area contributed by atoms with Gasteiger partial charge in [0.2, 0.25) is 0 Å². The zero-order valence-corrected chi connectivity index (χ0v) is 12.0. The summed E-state index contributed by atoms with van der Waals surface area (Å²) in [6, 6.07) is 5.49. The van der Waals surface area contributed by atoms with Crippen LogP contribution in [0.3, 0.4) is 0 Å². The van der Waals surface area contributed by atoms with Crippen molar-refractivity contribution in [2.24, 2.45) is 7.05 Å². The van der Waals surface area contributed by atoms with E-state index in [0.29, 0.717) is 5.56 Å². The fraction of sp³-hybridized carbons (Fsp3) is 0.267. The van der Waals surface area contributed by atoms with Crippen LogP contribution in [0.2, 0.25) is 0 Å². The molecule has 3 rings (SSSR count). The largest absolute Gasteiger partial charge is 0.344 e. The summed E-state index contributed by atoms with van der Waals surface area (Å²) >= 11 is 0. The molecule has 108 valence electrons. The number of pyridine rings is 1. The highest BCUT2D eigenvalue weighted by atomic mass is 16.1. The van der Waals surface area contributed by atoms with Crippen molar-refractivity contribution in [3.05, 3.63) is 54.2 Å². The number of aryl methyl sites for hydroxylation is 1. The number of aromatic nitrogens is 4. The first-order valence-corrected chi connectivity index (χ1v) is 6.90. The van der Waals surface area contributed by atoms with Crippen molar-refractivity contribution < 1.29 is 4.79 Å². The Hall–Kier alpha value is -2.63. The summed E-state index contributed by atoms with van der Waals surface area (Å²) in [5.74, 6) is -0.0985. The minimum atomic E-state index is -0.0985. The zero-order valence-electron chi connectivity index (χ0n) is 12.0. The van der Waals surface area contributed by atoms with Crippen LogP contribution in [0.25, 0.3) is 5.65 Å². The van der Waals surface area contributed by atoms with E-state index in [2.05, 4.69) is 15.4 Å². The van der Waals surface area contributed by atoms with Crippen LogP contribution in [-0.2, 0) is 7.05 Å². The number of rotatable bonds is 4. The standard InChI is InChI=1S/C15H17N5O/c1-3-12(13-6-7-17-19(13)2)18-15(21)11-4-5-14-16-8-9-20(14)10-11/h4-10,12H,3H2,1-2H3,(H,18,21). The lowest BCUT2D eigenvalue weighted by molar-refractivity contribution is 0.0933. The van der Waals surface area contributed by atoms with Crippen LogP contribution in [0.5, 0.6) is 0 Å². The Labute approximate surface area is 122 Å². The maximum absolute atomic E-state index is 12.4. The van der Waals surface area contributed by atoms with Gasteiger partial charge >= 0.3 is 0 Å². The van der Waals surface area contributed by atoms with E-state index in [0.717, 1.165) is 17.8 Å². The average Bonchev–Trinajstić information content (AvgIpc) is 3.12.